The predicted octanol–water partition coefficient (Wildman–Crippen LogP) is 7.01. The van der Waals surface area contributed by atoms with E-state index in [1.165, 1.54) is 26.2 Å². The van der Waals surface area contributed by atoms with Crippen molar-refractivity contribution >= 4 is 51.0 Å². The largest absolute Gasteiger partial charge is 0.495 e. The summed E-state index contributed by atoms with van der Waals surface area (Å²) in [4.78, 5) is 16.3. The van der Waals surface area contributed by atoms with E-state index >= 15 is 4.39 Å². The molecule has 0 fully saturated rings. The monoisotopic (exact) mass is 799 g/mol. The Morgan fingerprint density at radius 3 is 2.29 bits per heavy atom. The average molecular weight is 801 g/mol. The van der Waals surface area contributed by atoms with Gasteiger partial charge >= 0.3 is 5.97 Å². The zero-order valence-corrected chi connectivity index (χ0v) is 33.0. The fourth-order valence-corrected chi connectivity index (χ4v) is 9.10. The Labute approximate surface area is 317 Å². The minimum Gasteiger partial charge on any atom is -0.495 e. The fraction of sp³-hybridized carbons (Fsp3) is 0.389. The van der Waals surface area contributed by atoms with E-state index in [1.807, 2.05) is 51.7 Å². The number of aromatic nitrogens is 2. The highest BCUT2D eigenvalue weighted by atomic mass is 35.5. The Bertz CT molecular complexity index is 2000. The van der Waals surface area contributed by atoms with Gasteiger partial charge in [-0.25, -0.2) is 22.2 Å². The van der Waals surface area contributed by atoms with Gasteiger partial charge in [-0.3, -0.25) is 9.36 Å². The zero-order valence-electron chi connectivity index (χ0n) is 29.9. The Balaban J connectivity index is 1.72. The number of benzene rings is 3. The van der Waals surface area contributed by atoms with Gasteiger partial charge in [-0.05, 0) is 61.0 Å². The summed E-state index contributed by atoms with van der Waals surface area (Å²) in [5.74, 6) is -2.49. The van der Waals surface area contributed by atoms with Crippen LogP contribution in [0.1, 0.15) is 44.0 Å². The number of halogens is 4. The number of nitrogens with zero attached hydrogens (tertiary/aromatic N) is 4. The lowest BCUT2D eigenvalue weighted by atomic mass is 9.81. The van der Waals surface area contributed by atoms with E-state index in [9.17, 15) is 27.8 Å². The Hall–Kier alpha value is -3.24. The summed E-state index contributed by atoms with van der Waals surface area (Å²) in [6.07, 6.45) is 0.387. The summed E-state index contributed by atoms with van der Waals surface area (Å²) in [7, 11) is 2.59. The Morgan fingerprint density at radius 1 is 1.08 bits per heavy atom. The second-order valence-electron chi connectivity index (χ2n) is 13.9. The molecule has 0 spiro atoms. The van der Waals surface area contributed by atoms with E-state index < -0.39 is 50.1 Å². The number of methoxy groups -OCH3 is 1. The number of aliphatic hydroxyl groups excluding tert-OH is 1. The first-order valence-electron chi connectivity index (χ1n) is 16.2. The summed E-state index contributed by atoms with van der Waals surface area (Å²) in [5.41, 5.74) is 1.47. The molecule has 0 aliphatic carbocycles. The highest BCUT2D eigenvalue weighted by Crippen LogP contribution is 2.40. The van der Waals surface area contributed by atoms with Crippen LogP contribution in [-0.2, 0) is 26.0 Å². The van der Waals surface area contributed by atoms with Crippen LogP contribution >= 0.6 is 35.0 Å². The molecule has 0 unspecified atom stereocenters. The molecule has 10 nitrogen and oxygen atoms in total. The third kappa shape index (κ3) is 9.27. The lowest BCUT2D eigenvalue weighted by Crippen LogP contribution is -2.51. The number of hydrogen-bond donors (Lipinski definition) is 2. The lowest BCUT2D eigenvalue weighted by Gasteiger charge is -2.31. The van der Waals surface area contributed by atoms with Gasteiger partial charge in [0.25, 0.3) is 0 Å². The van der Waals surface area contributed by atoms with Crippen molar-refractivity contribution in [2.75, 3.05) is 41.3 Å². The summed E-state index contributed by atoms with van der Waals surface area (Å²) in [6, 6.07) is 11.3. The molecule has 2 atom stereocenters. The molecular weight excluding hydrogens is 757 g/mol. The molecule has 0 aliphatic rings. The number of imidazole rings is 1. The Morgan fingerprint density at radius 2 is 1.73 bits per heavy atom. The molecule has 4 aromatic rings. The third-order valence-corrected chi connectivity index (χ3v) is 12.1. The van der Waals surface area contributed by atoms with Crippen molar-refractivity contribution in [1.29, 1.82) is 0 Å². The average Bonchev–Trinajstić information content (AvgIpc) is 3.48. The summed E-state index contributed by atoms with van der Waals surface area (Å²) in [6.45, 7) is 5.42. The number of quaternary nitrogens is 1. The topological polar surface area (TPSA) is 122 Å². The van der Waals surface area contributed by atoms with Crippen molar-refractivity contribution in [2.24, 2.45) is 0 Å². The zero-order chi connectivity index (χ0) is 38.8. The number of aliphatic hydroxyl groups is 1. The SMILES string of the molecule is COc1cc(C(C)(C)c2cnc(SCc3c(F)cc(S(=O)(=O)N(CCC[N+](C)(C)C)[C@H](C(=O)O)[C@@H](C)O)cc3Cl)n2-c2ccc(F)cc2)ccc1Cl. The lowest BCUT2D eigenvalue weighted by molar-refractivity contribution is -0.870. The molecule has 0 bridgehead atoms. The molecule has 16 heteroatoms. The first kappa shape index (κ1) is 41.5. The van der Waals surface area contributed by atoms with Crippen LogP contribution in [0.2, 0.25) is 10.0 Å². The number of aliphatic carboxylic acids is 1. The van der Waals surface area contributed by atoms with Gasteiger partial charge < -0.3 is 19.4 Å². The van der Waals surface area contributed by atoms with E-state index in [0.29, 0.717) is 36.9 Å². The Kier molecular flexibility index (Phi) is 13.1. The van der Waals surface area contributed by atoms with Crippen LogP contribution in [0.3, 0.4) is 0 Å². The van der Waals surface area contributed by atoms with Gasteiger partial charge in [0.1, 0.15) is 23.4 Å². The van der Waals surface area contributed by atoms with E-state index in [1.54, 1.807) is 24.4 Å². The molecule has 4 rings (SSSR count). The number of carboxylic acids is 1. The van der Waals surface area contributed by atoms with Gasteiger partial charge in [0.2, 0.25) is 10.0 Å². The summed E-state index contributed by atoms with van der Waals surface area (Å²) < 4.78 is 66.1. The van der Waals surface area contributed by atoms with Gasteiger partial charge in [0.15, 0.2) is 5.16 Å². The van der Waals surface area contributed by atoms with Crippen LogP contribution in [0.25, 0.3) is 5.69 Å². The second kappa shape index (κ2) is 16.4. The molecule has 0 saturated heterocycles. The molecule has 282 valence electrons. The van der Waals surface area contributed by atoms with Gasteiger partial charge in [0.05, 0.1) is 62.7 Å². The van der Waals surface area contributed by atoms with Crippen molar-refractivity contribution in [2.45, 2.75) is 60.6 Å². The molecule has 0 aliphatic heterocycles. The smallest absolute Gasteiger partial charge is 0.324 e. The second-order valence-corrected chi connectivity index (χ2v) is 17.5. The first-order chi connectivity index (χ1) is 24.2. The van der Waals surface area contributed by atoms with Crippen LogP contribution < -0.4 is 4.74 Å². The van der Waals surface area contributed by atoms with Gasteiger partial charge in [-0.2, -0.15) is 4.31 Å². The van der Waals surface area contributed by atoms with Gasteiger partial charge in [0, 0.05) is 40.4 Å². The number of carboxylic acid groups (broad SMARTS) is 1. The normalized spacial score (nSPS) is 13.7. The standard InChI is InChI=1S/C36H42Cl2F2N4O6S2/c1-22(45)33(34(46)47)42(15-8-16-44(4,5)6)52(48,49)26-18-29(38)27(30(40)19-26)21-51-35-41-20-32(43(35)25-12-10-24(39)11-13-25)36(2,3)23-9-14-28(37)31(17-23)50-7/h9-14,17-20,22,33,45H,8,15-16,21H2,1-7H3/p+1/t22-,33+/m1/s1. The summed E-state index contributed by atoms with van der Waals surface area (Å²) >= 11 is 14.0. The van der Waals surface area contributed by atoms with Crippen LogP contribution in [0.15, 0.2) is 70.8 Å². The minimum atomic E-state index is -4.64. The van der Waals surface area contributed by atoms with E-state index in [0.717, 1.165) is 35.2 Å². The maximum Gasteiger partial charge on any atom is 0.324 e. The molecule has 2 N–H and O–H groups in total. The number of thioether (sulfide) groups is 1. The highest BCUT2D eigenvalue weighted by Gasteiger charge is 2.40. The molecular formula is C36H43Cl2F2N4O6S2+. The molecule has 1 heterocycles. The number of ether oxygens (including phenoxy) is 1. The number of sulfonamides is 1. The molecule has 0 amide bonds. The van der Waals surface area contributed by atoms with Gasteiger partial charge in [-0.1, -0.05) is 54.9 Å². The van der Waals surface area contributed by atoms with Crippen LogP contribution in [-0.4, -0.2) is 96.4 Å². The molecule has 0 saturated carbocycles. The number of carbonyl (C=O) groups is 1. The molecule has 1 aromatic heterocycles. The highest BCUT2D eigenvalue weighted by molar-refractivity contribution is 7.98. The van der Waals surface area contributed by atoms with Crippen molar-refractivity contribution in [1.82, 2.24) is 13.9 Å². The molecule has 0 radical (unpaired) electrons. The van der Waals surface area contributed by atoms with Crippen molar-refractivity contribution in [3.63, 3.8) is 0 Å². The van der Waals surface area contributed by atoms with Crippen LogP contribution in [0.5, 0.6) is 5.75 Å². The van der Waals surface area contributed by atoms with E-state index in [2.05, 4.69) is 4.98 Å². The summed E-state index contributed by atoms with van der Waals surface area (Å²) in [5, 5.41) is 20.8. The molecule has 52 heavy (non-hydrogen) atoms. The van der Waals surface area contributed by atoms with Crippen LogP contribution in [0, 0.1) is 11.6 Å². The third-order valence-electron chi connectivity index (χ3n) is 8.62. The maximum absolute atomic E-state index is 15.9. The van der Waals surface area contributed by atoms with Crippen molar-refractivity contribution in [3.8, 4) is 11.4 Å². The fourth-order valence-electron chi connectivity index (χ4n) is 5.73. The molecule has 3 aromatic carbocycles. The van der Waals surface area contributed by atoms with Crippen molar-refractivity contribution in [3.05, 3.63) is 99.3 Å². The maximum atomic E-state index is 15.9. The predicted molar refractivity (Wildman–Crippen MR) is 199 cm³/mol. The van der Waals surface area contributed by atoms with E-state index in [-0.39, 0.29) is 29.3 Å². The first-order valence-corrected chi connectivity index (χ1v) is 19.4. The number of hydrogen-bond acceptors (Lipinski definition) is 7. The quantitative estimate of drug-likeness (QED) is 0.0918. The minimum absolute atomic E-state index is 0.00980. The van der Waals surface area contributed by atoms with Gasteiger partial charge in [-0.15, -0.1) is 0 Å². The number of rotatable bonds is 16. The van der Waals surface area contributed by atoms with E-state index in [4.69, 9.17) is 27.9 Å². The van der Waals surface area contributed by atoms with Crippen molar-refractivity contribution < 1.29 is 41.4 Å². The van der Waals surface area contributed by atoms with Crippen LogP contribution in [0.4, 0.5) is 8.78 Å².